The molecule has 13 unspecified atom stereocenters. The van der Waals surface area contributed by atoms with E-state index in [-0.39, 0.29) is 90.3 Å². The van der Waals surface area contributed by atoms with E-state index in [4.69, 9.17) is 4.74 Å². The zero-order chi connectivity index (χ0) is 62.5. The van der Waals surface area contributed by atoms with E-state index in [2.05, 4.69) is 96.0 Å². The van der Waals surface area contributed by atoms with Gasteiger partial charge in [-0.3, -0.25) is 9.59 Å². The van der Waals surface area contributed by atoms with Gasteiger partial charge in [-0.05, 0) is 179 Å². The fourth-order valence-corrected chi connectivity index (χ4v) is 15.3. The van der Waals surface area contributed by atoms with Gasteiger partial charge in [-0.2, -0.15) is 0 Å². The van der Waals surface area contributed by atoms with Crippen molar-refractivity contribution < 1.29 is 50.1 Å². The summed E-state index contributed by atoms with van der Waals surface area (Å²) < 4.78 is 5.67. The van der Waals surface area contributed by atoms with E-state index in [1.807, 2.05) is 60.8 Å². The van der Waals surface area contributed by atoms with Crippen molar-refractivity contribution in [2.45, 2.75) is 140 Å². The Morgan fingerprint density at radius 2 is 1.60 bits per heavy atom. The number of β-amino-alcohol motifs (C(OH)–C–C–N with tert-alkyl or cyclic N) is 1. The van der Waals surface area contributed by atoms with Crippen LogP contribution in [0.3, 0.4) is 0 Å². The van der Waals surface area contributed by atoms with E-state index in [9.17, 15) is 40.5 Å². The van der Waals surface area contributed by atoms with E-state index in [1.165, 1.54) is 7.11 Å². The summed E-state index contributed by atoms with van der Waals surface area (Å²) in [5.41, 5.74) is 9.35. The Labute approximate surface area is 523 Å². The molecule has 14 heteroatoms. The minimum absolute atomic E-state index is 0.0201. The van der Waals surface area contributed by atoms with Gasteiger partial charge in [0.15, 0.2) is 29.2 Å². The summed E-state index contributed by atoms with van der Waals surface area (Å²) in [6.45, 7) is 7.70. The lowest BCUT2D eigenvalue weighted by Gasteiger charge is -2.33. The predicted octanol–water partition coefficient (Wildman–Crippen LogP) is 11.1. The molecule has 1 saturated carbocycles. The van der Waals surface area contributed by atoms with Crippen LogP contribution in [0.25, 0.3) is 10.8 Å². The third-order valence-corrected chi connectivity index (χ3v) is 20.2. The number of ketones is 2. The van der Waals surface area contributed by atoms with Crippen molar-refractivity contribution in [3.8, 4) is 34.8 Å². The molecule has 13 atom stereocenters. The van der Waals surface area contributed by atoms with Crippen LogP contribution in [-0.4, -0.2) is 97.4 Å². The number of Topliss-reactive ketones (excluding diaryl/α,β-unsaturated/α-hetero) is 2. The molecule has 5 aromatic carbocycles. The number of anilines is 1. The molecule has 14 nitrogen and oxygen atoms in total. The molecule has 89 heavy (non-hydrogen) atoms. The van der Waals surface area contributed by atoms with Gasteiger partial charge in [-0.25, -0.2) is 0 Å². The standard InChI is InChI=1S/C75H88N4O10/c1-5-9-60-54-29-46(27-45-24-25-77-72(30-45)79-56-21-18-47-14-17-53(73(86)65(47)36-56)33-58(81)41-76-39-44(3)55-32-57(78-40-55)37-69(60)84)28-51-19-22-62(63-38-70(85)71(89-4)35-52(63)20-23-68(83)75(88)74(87)64(51)34-54)61-12-7-6-11-59(61)50-16-15-48(43(2)26-50)31-49-10-8-13-67(82)66(49)42-80/h6-8,10-18,21,24,30,32,35-36,38,40,43-44,46,48,50-51,54,58,60,62,64,69,75-82,84-86,88H,5,9,20,23,25-29,31,33-34,37,39,41-42H2,1-4H3. The average Bonchev–Trinajstić information content (AvgIpc) is 1.96. The van der Waals surface area contributed by atoms with Crippen molar-refractivity contribution in [2.24, 2.45) is 41.4 Å². The summed E-state index contributed by atoms with van der Waals surface area (Å²) in [6, 6.07) is 29.0. The first-order valence-corrected chi connectivity index (χ1v) is 32.3. The van der Waals surface area contributed by atoms with E-state index in [0.29, 0.717) is 92.2 Å². The Kier molecular flexibility index (Phi) is 19.8. The van der Waals surface area contributed by atoms with Gasteiger partial charge in [0.2, 0.25) is 0 Å². The minimum Gasteiger partial charge on any atom is -0.508 e. The Hall–Kier alpha value is -7.64. The number of aliphatic hydroxyl groups is 4. The van der Waals surface area contributed by atoms with Crippen LogP contribution in [0.2, 0.25) is 0 Å². The third kappa shape index (κ3) is 14.2. The van der Waals surface area contributed by atoms with Crippen LogP contribution < -0.4 is 20.7 Å². The number of rotatable bonds is 8. The van der Waals surface area contributed by atoms with Gasteiger partial charge in [-0.1, -0.05) is 112 Å². The molecule has 6 aromatic rings. The van der Waals surface area contributed by atoms with Crippen LogP contribution in [0.1, 0.15) is 140 Å². The van der Waals surface area contributed by atoms with E-state index in [0.717, 1.165) is 63.3 Å². The quantitative estimate of drug-likeness (QED) is 0.0387. The predicted molar refractivity (Wildman–Crippen MR) is 348 cm³/mol. The second-order valence-electron chi connectivity index (χ2n) is 26.2. The maximum absolute atomic E-state index is 15.4. The van der Waals surface area contributed by atoms with Gasteiger partial charge < -0.3 is 61.4 Å². The van der Waals surface area contributed by atoms with Crippen LogP contribution in [0, 0.1) is 53.3 Å². The zero-order valence-electron chi connectivity index (χ0n) is 51.7. The van der Waals surface area contributed by atoms with E-state index < -0.39 is 47.6 Å². The number of hydrogen-bond donors (Lipinski definition) is 11. The number of dihydropyridines is 1. The average molecular weight is 1210 g/mol. The van der Waals surface area contributed by atoms with Gasteiger partial charge in [0, 0.05) is 85.2 Å². The molecule has 2 aliphatic heterocycles. The lowest BCUT2D eigenvalue weighted by Crippen LogP contribution is -2.40. The topological polar surface area (TPSA) is 237 Å². The molecule has 5 aliphatic rings. The first-order chi connectivity index (χ1) is 43.0. The number of hydrogen-bond acceptors (Lipinski definition) is 13. The van der Waals surface area contributed by atoms with Crippen molar-refractivity contribution in [3.63, 3.8) is 0 Å². The molecule has 0 radical (unpaired) electrons. The SMILES string of the molecule is CCCC1C(O)Cc2cc(c[nH]2)C(C)CNCC(O)Cc2ccc3ccc(cc3c2O)NC2=CC(=CCN2)CC2CC3C#CC(c4ccccc4C4C=CC(Cc5cccc(O)c5CO)C(C)C4)c4cc(O)c(OC)cc4CCC(=O)C(O)C(=O)C3CC1C2. The molecule has 9 bridgehead atoms. The number of benzene rings is 5. The van der Waals surface area contributed by atoms with Crippen LogP contribution in [-0.2, 0) is 41.9 Å². The second-order valence-corrected chi connectivity index (χ2v) is 26.2. The lowest BCUT2D eigenvalue weighted by atomic mass is 9.72. The lowest BCUT2D eigenvalue weighted by molar-refractivity contribution is -0.142. The summed E-state index contributed by atoms with van der Waals surface area (Å²) in [6.07, 6.45) is 13.0. The number of phenolic OH excluding ortho intramolecular Hbond substituents is 2. The molecule has 0 spiro atoms. The summed E-state index contributed by atoms with van der Waals surface area (Å²) in [5.74, 6) is 5.43. The van der Waals surface area contributed by atoms with Crippen molar-refractivity contribution >= 4 is 28.0 Å². The Balaban J connectivity index is 1.01. The van der Waals surface area contributed by atoms with Gasteiger partial charge in [0.1, 0.15) is 17.3 Å². The number of ether oxygens (including phenoxy) is 1. The Morgan fingerprint density at radius 3 is 2.39 bits per heavy atom. The van der Waals surface area contributed by atoms with Gasteiger partial charge in [-0.15, -0.1) is 0 Å². The number of methoxy groups -OCH3 is 1. The number of aryl methyl sites for hydroxylation is 1. The normalized spacial score (nSPS) is 27.9. The van der Waals surface area contributed by atoms with Crippen molar-refractivity contribution in [3.05, 3.63) is 183 Å². The Bertz CT molecular complexity index is 3700. The first kappa shape index (κ1) is 62.9. The molecule has 0 amide bonds. The fraction of sp³-hybridized carbons (Fsp3) is 0.440. The molecule has 3 aliphatic carbocycles. The van der Waals surface area contributed by atoms with Crippen molar-refractivity contribution in [1.82, 2.24) is 15.6 Å². The maximum Gasteiger partial charge on any atom is 0.173 e. The highest BCUT2D eigenvalue weighted by Crippen LogP contribution is 2.47. The van der Waals surface area contributed by atoms with Gasteiger partial charge in [0.05, 0.1) is 31.8 Å². The number of aliphatic hydroxyl groups excluding tert-OH is 4. The molecular weight excluding hydrogens is 1120 g/mol. The number of aromatic nitrogens is 1. The third-order valence-electron chi connectivity index (χ3n) is 20.2. The summed E-state index contributed by atoms with van der Waals surface area (Å²) in [7, 11) is 1.48. The second kappa shape index (κ2) is 28.0. The molecule has 0 saturated heterocycles. The highest BCUT2D eigenvalue weighted by Gasteiger charge is 2.44. The number of phenols is 3. The number of fused-ring (bicyclic) bond motifs is 9. The monoisotopic (exact) mass is 1200 g/mol. The Morgan fingerprint density at radius 1 is 0.775 bits per heavy atom. The molecular formula is C75H88N4O10. The maximum atomic E-state index is 15.4. The summed E-state index contributed by atoms with van der Waals surface area (Å²) >= 11 is 0. The zero-order valence-corrected chi connectivity index (χ0v) is 51.7. The number of carbonyl (C=O) groups is 2. The number of aromatic hydroxyl groups is 3. The van der Waals surface area contributed by atoms with Gasteiger partial charge >= 0.3 is 0 Å². The molecule has 11 N–H and O–H groups in total. The van der Waals surface area contributed by atoms with Crippen LogP contribution >= 0.6 is 0 Å². The molecule has 468 valence electrons. The number of allylic oxidation sites excluding steroid dienone is 4. The van der Waals surface area contributed by atoms with Crippen molar-refractivity contribution in [1.29, 1.82) is 0 Å². The van der Waals surface area contributed by atoms with Crippen LogP contribution in [0.5, 0.6) is 23.0 Å². The van der Waals surface area contributed by atoms with Gasteiger partial charge in [0.25, 0.3) is 0 Å². The number of nitrogens with one attached hydrogen (secondary N) is 4. The van der Waals surface area contributed by atoms with Crippen molar-refractivity contribution in [2.75, 3.05) is 32.1 Å². The molecule has 3 heterocycles. The van der Waals surface area contributed by atoms with Crippen LogP contribution in [0.15, 0.2) is 133 Å². The van der Waals surface area contributed by atoms with E-state index in [1.54, 1.807) is 18.2 Å². The summed E-state index contributed by atoms with van der Waals surface area (Å²) in [4.78, 5) is 33.4. The number of carbonyl (C=O) groups excluding carboxylic acids is 2. The highest BCUT2D eigenvalue weighted by molar-refractivity contribution is 6.06. The summed E-state index contributed by atoms with van der Waals surface area (Å²) in [5, 5.41) is 92.1. The fourth-order valence-electron chi connectivity index (χ4n) is 15.3. The minimum atomic E-state index is -1.89. The van der Waals surface area contributed by atoms with Crippen LogP contribution in [0.4, 0.5) is 5.69 Å². The number of H-pyrrole nitrogens is 1. The molecule has 1 fully saturated rings. The smallest absolute Gasteiger partial charge is 0.173 e. The largest absolute Gasteiger partial charge is 0.508 e. The molecule has 1 aromatic heterocycles. The first-order valence-electron chi connectivity index (χ1n) is 32.3. The number of aromatic amines is 1. The van der Waals surface area contributed by atoms with E-state index >= 15 is 4.79 Å². The highest BCUT2D eigenvalue weighted by atomic mass is 16.5. The molecule has 11 rings (SSSR count).